The van der Waals surface area contributed by atoms with Gasteiger partial charge in [0.1, 0.15) is 5.69 Å². The molecule has 1 aliphatic rings. The molecule has 1 aromatic rings. The Balaban J connectivity index is 1.86. The highest BCUT2D eigenvalue weighted by Crippen LogP contribution is 2.28. The summed E-state index contributed by atoms with van der Waals surface area (Å²) in [6.45, 7) is 2.10. The first-order chi connectivity index (χ1) is 10.4. The number of hydrogen-bond acceptors (Lipinski definition) is 4. The lowest BCUT2D eigenvalue weighted by Crippen LogP contribution is -2.41. The standard InChI is InChI=1S/C14H18F3N3OS/c1-9-4-2-3-5-10(9)19-12(21)8-22-13-18-7-6-11(20-13)14(15,16)17/h6-7,9-10H,2-5,8H2,1H3,(H,19,21)/t9-,10-/m1/s1. The molecule has 0 saturated heterocycles. The van der Waals surface area contributed by atoms with Crippen LogP contribution in [0.3, 0.4) is 0 Å². The number of aromatic nitrogens is 2. The van der Waals surface area contributed by atoms with E-state index in [0.29, 0.717) is 5.92 Å². The first-order valence-corrected chi connectivity index (χ1v) is 8.17. The summed E-state index contributed by atoms with van der Waals surface area (Å²) < 4.78 is 37.6. The van der Waals surface area contributed by atoms with E-state index in [4.69, 9.17) is 0 Å². The van der Waals surface area contributed by atoms with E-state index in [1.165, 1.54) is 6.42 Å². The van der Waals surface area contributed by atoms with Gasteiger partial charge in [0.15, 0.2) is 5.16 Å². The molecule has 0 bridgehead atoms. The summed E-state index contributed by atoms with van der Waals surface area (Å²) in [5.74, 6) is 0.266. The van der Waals surface area contributed by atoms with Gasteiger partial charge in [-0.25, -0.2) is 9.97 Å². The van der Waals surface area contributed by atoms with E-state index in [2.05, 4.69) is 22.2 Å². The number of carbonyl (C=O) groups excluding carboxylic acids is 1. The van der Waals surface area contributed by atoms with Crippen molar-refractivity contribution in [2.45, 2.75) is 50.0 Å². The predicted molar refractivity (Wildman–Crippen MR) is 77.3 cm³/mol. The molecule has 2 rings (SSSR count). The van der Waals surface area contributed by atoms with E-state index >= 15 is 0 Å². The molecule has 0 aliphatic heterocycles. The Morgan fingerprint density at radius 1 is 1.41 bits per heavy atom. The maximum absolute atomic E-state index is 12.5. The molecule has 4 nitrogen and oxygen atoms in total. The van der Waals surface area contributed by atoms with Gasteiger partial charge < -0.3 is 5.32 Å². The van der Waals surface area contributed by atoms with Gasteiger partial charge in [0, 0.05) is 12.2 Å². The molecule has 0 unspecified atom stereocenters. The van der Waals surface area contributed by atoms with E-state index in [-0.39, 0.29) is 22.9 Å². The largest absolute Gasteiger partial charge is 0.433 e. The molecule has 1 aliphatic carbocycles. The van der Waals surface area contributed by atoms with Crippen molar-refractivity contribution in [2.75, 3.05) is 5.75 Å². The summed E-state index contributed by atoms with van der Waals surface area (Å²) in [5.41, 5.74) is -0.994. The van der Waals surface area contributed by atoms with Crippen molar-refractivity contribution in [3.63, 3.8) is 0 Å². The number of carbonyl (C=O) groups is 1. The summed E-state index contributed by atoms with van der Waals surface area (Å²) >= 11 is 0.914. The Hall–Kier alpha value is -1.31. The third kappa shape index (κ3) is 4.86. The SMILES string of the molecule is C[C@@H]1CCCC[C@H]1NC(=O)CSc1nccc(C(F)(F)F)n1. The highest BCUT2D eigenvalue weighted by Gasteiger charge is 2.32. The first kappa shape index (κ1) is 17.1. The molecule has 22 heavy (non-hydrogen) atoms. The van der Waals surface area contributed by atoms with Crippen LogP contribution in [0.1, 0.15) is 38.3 Å². The summed E-state index contributed by atoms with van der Waals surface area (Å²) in [6.07, 6.45) is 0.878. The molecular weight excluding hydrogens is 315 g/mol. The van der Waals surface area contributed by atoms with Crippen LogP contribution in [0.25, 0.3) is 0 Å². The summed E-state index contributed by atoms with van der Waals surface area (Å²) in [4.78, 5) is 19.1. The van der Waals surface area contributed by atoms with Crippen LogP contribution in [-0.4, -0.2) is 27.7 Å². The number of nitrogens with zero attached hydrogens (tertiary/aromatic N) is 2. The smallest absolute Gasteiger partial charge is 0.352 e. The zero-order valence-corrected chi connectivity index (χ0v) is 13.0. The average molecular weight is 333 g/mol. The van der Waals surface area contributed by atoms with Gasteiger partial charge in [0.05, 0.1) is 5.75 Å². The Morgan fingerprint density at radius 2 is 2.14 bits per heavy atom. The van der Waals surface area contributed by atoms with Crippen LogP contribution in [0.15, 0.2) is 17.4 Å². The minimum Gasteiger partial charge on any atom is -0.352 e. The number of halogens is 3. The fourth-order valence-electron chi connectivity index (χ4n) is 2.48. The number of hydrogen-bond donors (Lipinski definition) is 1. The van der Waals surface area contributed by atoms with E-state index in [1.54, 1.807) is 0 Å². The third-order valence-corrected chi connectivity index (χ3v) is 4.58. The van der Waals surface area contributed by atoms with E-state index < -0.39 is 11.9 Å². The maximum atomic E-state index is 12.5. The van der Waals surface area contributed by atoms with Gasteiger partial charge in [-0.2, -0.15) is 13.2 Å². The summed E-state index contributed by atoms with van der Waals surface area (Å²) in [7, 11) is 0. The molecule has 1 amide bonds. The Labute approximate surface area is 131 Å². The zero-order valence-electron chi connectivity index (χ0n) is 12.2. The van der Waals surface area contributed by atoms with Gasteiger partial charge in [-0.3, -0.25) is 4.79 Å². The molecule has 0 spiro atoms. The van der Waals surface area contributed by atoms with Crippen molar-refractivity contribution in [3.05, 3.63) is 18.0 Å². The molecule has 1 aromatic heterocycles. The fraction of sp³-hybridized carbons (Fsp3) is 0.643. The number of alkyl halides is 3. The van der Waals surface area contributed by atoms with Crippen LogP contribution < -0.4 is 5.32 Å². The van der Waals surface area contributed by atoms with Crippen LogP contribution in [0.4, 0.5) is 13.2 Å². The summed E-state index contributed by atoms with van der Waals surface area (Å²) in [5, 5.41) is 2.91. The molecule has 0 aromatic carbocycles. The van der Waals surface area contributed by atoms with Gasteiger partial charge >= 0.3 is 6.18 Å². The highest BCUT2D eigenvalue weighted by atomic mass is 32.2. The number of amides is 1. The minimum absolute atomic E-state index is 0.0184. The maximum Gasteiger partial charge on any atom is 0.433 e. The van der Waals surface area contributed by atoms with Gasteiger partial charge in [-0.1, -0.05) is 31.5 Å². The molecule has 122 valence electrons. The second-order valence-corrected chi connectivity index (χ2v) is 6.39. The Kier molecular flexibility index (Phi) is 5.66. The van der Waals surface area contributed by atoms with Crippen molar-refractivity contribution >= 4 is 17.7 Å². The highest BCUT2D eigenvalue weighted by molar-refractivity contribution is 7.99. The molecule has 1 fully saturated rings. The second-order valence-electron chi connectivity index (χ2n) is 5.45. The second kappa shape index (κ2) is 7.30. The lowest BCUT2D eigenvalue weighted by Gasteiger charge is -2.29. The molecular formula is C14H18F3N3OS. The normalized spacial score (nSPS) is 22.4. The van der Waals surface area contributed by atoms with Crippen LogP contribution in [0.5, 0.6) is 0 Å². The van der Waals surface area contributed by atoms with Crippen LogP contribution >= 0.6 is 11.8 Å². The first-order valence-electron chi connectivity index (χ1n) is 7.18. The Bertz CT molecular complexity index is 524. The number of nitrogens with one attached hydrogen (secondary N) is 1. The topological polar surface area (TPSA) is 54.9 Å². The van der Waals surface area contributed by atoms with Crippen LogP contribution in [-0.2, 0) is 11.0 Å². The van der Waals surface area contributed by atoms with Gasteiger partial charge in [0.2, 0.25) is 5.91 Å². The van der Waals surface area contributed by atoms with Crippen molar-refractivity contribution < 1.29 is 18.0 Å². The average Bonchev–Trinajstić information content (AvgIpc) is 2.47. The molecule has 8 heteroatoms. The van der Waals surface area contributed by atoms with E-state index in [0.717, 1.165) is 43.3 Å². The van der Waals surface area contributed by atoms with Crippen molar-refractivity contribution in [1.82, 2.24) is 15.3 Å². The Morgan fingerprint density at radius 3 is 2.82 bits per heavy atom. The fourth-order valence-corrected chi connectivity index (χ4v) is 3.12. The van der Waals surface area contributed by atoms with Gasteiger partial charge in [-0.15, -0.1) is 0 Å². The minimum atomic E-state index is -4.50. The van der Waals surface area contributed by atoms with Gasteiger partial charge in [0.25, 0.3) is 0 Å². The van der Waals surface area contributed by atoms with E-state index in [9.17, 15) is 18.0 Å². The monoisotopic (exact) mass is 333 g/mol. The quantitative estimate of drug-likeness (QED) is 0.679. The molecule has 1 N–H and O–H groups in total. The van der Waals surface area contributed by atoms with Crippen molar-refractivity contribution in [1.29, 1.82) is 0 Å². The zero-order chi connectivity index (χ0) is 16.2. The molecule has 2 atom stereocenters. The van der Waals surface area contributed by atoms with Crippen molar-refractivity contribution in [3.8, 4) is 0 Å². The molecule has 1 heterocycles. The number of rotatable bonds is 4. The summed E-state index contributed by atoms with van der Waals surface area (Å²) in [6, 6.07) is 0.970. The van der Waals surface area contributed by atoms with Crippen LogP contribution in [0, 0.1) is 5.92 Å². The lowest BCUT2D eigenvalue weighted by atomic mass is 9.86. The van der Waals surface area contributed by atoms with Crippen LogP contribution in [0.2, 0.25) is 0 Å². The number of thioether (sulfide) groups is 1. The third-order valence-electron chi connectivity index (χ3n) is 3.71. The van der Waals surface area contributed by atoms with Gasteiger partial charge in [-0.05, 0) is 24.8 Å². The lowest BCUT2D eigenvalue weighted by molar-refractivity contribution is -0.141. The molecule has 0 radical (unpaired) electrons. The van der Waals surface area contributed by atoms with Crippen molar-refractivity contribution in [2.24, 2.45) is 5.92 Å². The van der Waals surface area contributed by atoms with E-state index in [1.807, 2.05) is 0 Å². The molecule has 1 saturated carbocycles. The predicted octanol–water partition coefficient (Wildman–Crippen LogP) is 3.28.